The molecule has 0 saturated heterocycles. The third-order valence-corrected chi connectivity index (χ3v) is 2.36. The molecule has 1 atom stereocenters. The van der Waals surface area contributed by atoms with Crippen LogP contribution in [0.4, 0.5) is 4.39 Å². The normalized spacial score (nSPS) is 14.6. The van der Waals surface area contributed by atoms with Crippen molar-refractivity contribution in [2.24, 2.45) is 10.9 Å². The highest BCUT2D eigenvalue weighted by Crippen LogP contribution is 2.09. The van der Waals surface area contributed by atoms with Gasteiger partial charge in [0.15, 0.2) is 5.78 Å². The minimum absolute atomic E-state index is 0.0254. The standard InChI is InChI=1S/C12H21FN2O2/c1-5-14-8-11(13)7-6-10(2)12(16)9-15(3)17-4/h5,7,10H,6,8-9H2,1-4H3/b11-7?,14-5-. The Bertz CT molecular complexity index is 290. The van der Waals surface area contributed by atoms with Crippen molar-refractivity contribution in [2.75, 3.05) is 27.2 Å². The number of nitrogens with zero attached hydrogens (tertiary/aromatic N) is 2. The molecule has 98 valence electrons. The highest BCUT2D eigenvalue weighted by atomic mass is 19.1. The third kappa shape index (κ3) is 7.76. The van der Waals surface area contributed by atoms with Crippen molar-refractivity contribution >= 4 is 12.0 Å². The minimum atomic E-state index is -0.303. The zero-order chi connectivity index (χ0) is 13.3. The van der Waals surface area contributed by atoms with Crippen LogP contribution in [0.25, 0.3) is 0 Å². The number of allylic oxidation sites excluding steroid dienone is 1. The van der Waals surface area contributed by atoms with Gasteiger partial charge in [-0.05, 0) is 19.6 Å². The third-order valence-electron chi connectivity index (χ3n) is 2.36. The molecule has 0 amide bonds. The molecule has 0 radical (unpaired) electrons. The summed E-state index contributed by atoms with van der Waals surface area (Å²) in [5.41, 5.74) is 0. The Morgan fingerprint density at radius 2 is 2.24 bits per heavy atom. The van der Waals surface area contributed by atoms with E-state index in [1.807, 2.05) is 0 Å². The average molecular weight is 244 g/mol. The number of likely N-dealkylation sites (N-methyl/N-ethyl adjacent to an activating group) is 1. The van der Waals surface area contributed by atoms with Crippen molar-refractivity contribution in [3.63, 3.8) is 0 Å². The first-order chi connectivity index (χ1) is 8.01. The van der Waals surface area contributed by atoms with E-state index in [-0.39, 0.29) is 30.6 Å². The summed E-state index contributed by atoms with van der Waals surface area (Å²) < 4.78 is 13.1. The Hall–Kier alpha value is -1.07. The van der Waals surface area contributed by atoms with Crippen LogP contribution in [-0.4, -0.2) is 44.3 Å². The monoisotopic (exact) mass is 244 g/mol. The van der Waals surface area contributed by atoms with Crippen LogP contribution in [0, 0.1) is 5.92 Å². The number of halogens is 1. The Morgan fingerprint density at radius 3 is 2.76 bits per heavy atom. The zero-order valence-corrected chi connectivity index (χ0v) is 10.9. The molecule has 5 heteroatoms. The molecular formula is C12H21FN2O2. The largest absolute Gasteiger partial charge is 0.302 e. The number of carbonyl (C=O) groups is 1. The quantitative estimate of drug-likeness (QED) is 0.484. The van der Waals surface area contributed by atoms with Crippen molar-refractivity contribution in [3.8, 4) is 0 Å². The summed E-state index contributed by atoms with van der Waals surface area (Å²) in [4.78, 5) is 20.3. The molecule has 0 fully saturated rings. The van der Waals surface area contributed by atoms with Crippen molar-refractivity contribution in [2.45, 2.75) is 20.3 Å². The molecule has 0 aliphatic carbocycles. The van der Waals surface area contributed by atoms with E-state index >= 15 is 0 Å². The van der Waals surface area contributed by atoms with Gasteiger partial charge in [-0.25, -0.2) is 4.39 Å². The van der Waals surface area contributed by atoms with Crippen LogP contribution < -0.4 is 0 Å². The number of hydrogen-bond donors (Lipinski definition) is 0. The fourth-order valence-corrected chi connectivity index (χ4v) is 1.12. The molecule has 0 heterocycles. The first-order valence-electron chi connectivity index (χ1n) is 5.58. The van der Waals surface area contributed by atoms with Crippen molar-refractivity contribution in [1.29, 1.82) is 0 Å². The van der Waals surface area contributed by atoms with Crippen LogP contribution in [0.15, 0.2) is 16.9 Å². The van der Waals surface area contributed by atoms with Crippen molar-refractivity contribution < 1.29 is 14.0 Å². The molecule has 0 spiro atoms. The van der Waals surface area contributed by atoms with E-state index in [0.717, 1.165) is 0 Å². The second kappa shape index (κ2) is 9.01. The van der Waals surface area contributed by atoms with Gasteiger partial charge in [0.2, 0.25) is 0 Å². The number of aliphatic imine (C=N–C) groups is 1. The Balaban J connectivity index is 4.07. The van der Waals surface area contributed by atoms with E-state index in [0.29, 0.717) is 6.42 Å². The summed E-state index contributed by atoms with van der Waals surface area (Å²) in [5, 5.41) is 1.44. The van der Waals surface area contributed by atoms with Gasteiger partial charge in [-0.1, -0.05) is 13.0 Å². The van der Waals surface area contributed by atoms with Crippen LogP contribution >= 0.6 is 0 Å². The molecule has 1 unspecified atom stereocenters. The zero-order valence-electron chi connectivity index (χ0n) is 10.9. The lowest BCUT2D eigenvalue weighted by atomic mass is 10.0. The maximum absolute atomic E-state index is 13.1. The lowest BCUT2D eigenvalue weighted by Gasteiger charge is -2.15. The van der Waals surface area contributed by atoms with Gasteiger partial charge in [0.05, 0.1) is 20.2 Å². The maximum Gasteiger partial charge on any atom is 0.152 e. The first kappa shape index (κ1) is 15.9. The van der Waals surface area contributed by atoms with Crippen LogP contribution in [0.2, 0.25) is 0 Å². The topological polar surface area (TPSA) is 41.9 Å². The Morgan fingerprint density at radius 1 is 1.59 bits per heavy atom. The molecule has 0 bridgehead atoms. The number of ketones is 1. The van der Waals surface area contributed by atoms with E-state index < -0.39 is 0 Å². The molecular weight excluding hydrogens is 223 g/mol. The number of carbonyl (C=O) groups excluding carboxylic acids is 1. The lowest BCUT2D eigenvalue weighted by molar-refractivity contribution is -0.143. The van der Waals surface area contributed by atoms with Gasteiger partial charge >= 0.3 is 0 Å². The summed E-state index contributed by atoms with van der Waals surface area (Å²) >= 11 is 0. The van der Waals surface area contributed by atoms with E-state index in [2.05, 4.69) is 4.99 Å². The molecule has 0 aliphatic heterocycles. The van der Waals surface area contributed by atoms with Crippen molar-refractivity contribution in [3.05, 3.63) is 11.9 Å². The lowest BCUT2D eigenvalue weighted by Crippen LogP contribution is -2.28. The number of Topliss-reactive ketones (excluding diaryl/α,β-unsaturated/α-hetero) is 1. The predicted molar refractivity (Wildman–Crippen MR) is 66.7 cm³/mol. The van der Waals surface area contributed by atoms with Crippen molar-refractivity contribution in [1.82, 2.24) is 5.06 Å². The van der Waals surface area contributed by atoms with E-state index in [4.69, 9.17) is 4.84 Å². The van der Waals surface area contributed by atoms with Gasteiger partial charge in [0.1, 0.15) is 5.83 Å². The van der Waals surface area contributed by atoms with Crippen LogP contribution in [0.5, 0.6) is 0 Å². The van der Waals surface area contributed by atoms with Gasteiger partial charge in [-0.15, -0.1) is 0 Å². The minimum Gasteiger partial charge on any atom is -0.302 e. The molecule has 0 N–H and O–H groups in total. The highest BCUT2D eigenvalue weighted by Gasteiger charge is 2.14. The fraction of sp³-hybridized carbons (Fsp3) is 0.667. The number of hydroxylamine groups is 2. The second-order valence-corrected chi connectivity index (χ2v) is 3.82. The molecule has 0 aromatic rings. The van der Waals surface area contributed by atoms with Gasteiger partial charge in [0.25, 0.3) is 0 Å². The molecule has 17 heavy (non-hydrogen) atoms. The fourth-order valence-electron chi connectivity index (χ4n) is 1.12. The van der Waals surface area contributed by atoms with Crippen LogP contribution in [0.3, 0.4) is 0 Å². The number of rotatable bonds is 8. The molecule has 0 rings (SSSR count). The van der Waals surface area contributed by atoms with Crippen LogP contribution in [0.1, 0.15) is 20.3 Å². The molecule has 0 aliphatic rings. The second-order valence-electron chi connectivity index (χ2n) is 3.82. The first-order valence-corrected chi connectivity index (χ1v) is 5.58. The SMILES string of the molecule is C/C=N\CC(F)=CCC(C)C(=O)CN(C)OC. The summed E-state index contributed by atoms with van der Waals surface area (Å²) in [7, 11) is 3.18. The summed E-state index contributed by atoms with van der Waals surface area (Å²) in [6.07, 6.45) is 3.36. The highest BCUT2D eigenvalue weighted by molar-refractivity contribution is 5.82. The van der Waals surface area contributed by atoms with E-state index in [1.54, 1.807) is 27.1 Å². The van der Waals surface area contributed by atoms with E-state index in [9.17, 15) is 9.18 Å². The molecule has 4 nitrogen and oxygen atoms in total. The van der Waals surface area contributed by atoms with Gasteiger partial charge in [-0.2, -0.15) is 5.06 Å². The van der Waals surface area contributed by atoms with E-state index in [1.165, 1.54) is 18.2 Å². The molecule has 0 aromatic carbocycles. The molecule has 0 aromatic heterocycles. The van der Waals surface area contributed by atoms with Gasteiger partial charge in [0, 0.05) is 13.0 Å². The summed E-state index contributed by atoms with van der Waals surface area (Å²) in [6, 6.07) is 0. The number of hydrogen-bond acceptors (Lipinski definition) is 4. The Kier molecular flexibility index (Phi) is 8.44. The van der Waals surface area contributed by atoms with Crippen LogP contribution in [-0.2, 0) is 9.63 Å². The summed E-state index contributed by atoms with van der Waals surface area (Å²) in [5.74, 6) is -0.496. The average Bonchev–Trinajstić information content (AvgIpc) is 2.32. The molecule has 0 saturated carbocycles. The Labute approximate surface area is 102 Å². The summed E-state index contributed by atoms with van der Waals surface area (Å²) in [6.45, 7) is 3.77. The van der Waals surface area contributed by atoms with Gasteiger partial charge < -0.3 is 4.84 Å². The predicted octanol–water partition coefficient (Wildman–Crippen LogP) is 2.02. The maximum atomic E-state index is 13.1. The smallest absolute Gasteiger partial charge is 0.152 e. The van der Waals surface area contributed by atoms with Gasteiger partial charge in [-0.3, -0.25) is 9.79 Å².